The van der Waals surface area contributed by atoms with Crippen molar-refractivity contribution in [2.24, 2.45) is 0 Å². The molecule has 4 rings (SSSR count). The molecule has 2 fully saturated rings. The molecule has 1 N–H and O–H groups in total. The highest BCUT2D eigenvalue weighted by Gasteiger charge is 2.21. The molecule has 0 radical (unpaired) electrons. The highest BCUT2D eigenvalue weighted by atomic mass is 15.2. The normalized spacial score (nSPS) is 21.3. The molecule has 1 aromatic carbocycles. The van der Waals surface area contributed by atoms with E-state index in [1.165, 1.54) is 68.9 Å². The number of hydrogen-bond donors (Lipinski definition) is 1. The molecule has 1 aromatic heterocycles. The summed E-state index contributed by atoms with van der Waals surface area (Å²) in [6.07, 6.45) is 4.58. The molecular weight excluding hydrogens is 320 g/mol. The second-order valence-electron chi connectivity index (χ2n) is 8.07. The van der Waals surface area contributed by atoms with Gasteiger partial charge in [-0.1, -0.05) is 24.3 Å². The summed E-state index contributed by atoms with van der Waals surface area (Å²) in [4.78, 5) is 11.0. The summed E-state index contributed by atoms with van der Waals surface area (Å²) < 4.78 is 0. The van der Waals surface area contributed by atoms with Crippen LogP contribution in [0.15, 0.2) is 42.6 Å². The first-order chi connectivity index (χ1) is 12.8. The third-order valence-electron chi connectivity index (χ3n) is 6.08. The summed E-state index contributed by atoms with van der Waals surface area (Å²) in [5.74, 6) is 0.715. The zero-order valence-electron chi connectivity index (χ0n) is 16.0. The van der Waals surface area contributed by atoms with E-state index in [2.05, 4.69) is 63.1 Å². The predicted molar refractivity (Wildman–Crippen MR) is 107 cm³/mol. The second kappa shape index (κ2) is 8.38. The number of piperazine rings is 1. The van der Waals surface area contributed by atoms with E-state index in [0.29, 0.717) is 5.92 Å². The Hall–Kier alpha value is -1.62. The first-order valence-corrected chi connectivity index (χ1v) is 10.1. The summed E-state index contributed by atoms with van der Waals surface area (Å²) in [5, 5.41) is 0. The minimum absolute atomic E-state index is 0.715. The highest BCUT2D eigenvalue weighted by molar-refractivity contribution is 5.23. The highest BCUT2D eigenvalue weighted by Crippen LogP contribution is 2.27. The predicted octanol–water partition coefficient (Wildman–Crippen LogP) is 3.14. The Labute approximate surface area is 157 Å². The van der Waals surface area contributed by atoms with Crippen molar-refractivity contribution in [3.8, 4) is 0 Å². The van der Waals surface area contributed by atoms with Gasteiger partial charge >= 0.3 is 0 Å². The Morgan fingerprint density at radius 3 is 1.92 bits per heavy atom. The number of rotatable bonds is 5. The Morgan fingerprint density at radius 1 is 0.808 bits per heavy atom. The van der Waals surface area contributed by atoms with Gasteiger partial charge in [0.1, 0.15) is 0 Å². The summed E-state index contributed by atoms with van der Waals surface area (Å²) in [6.45, 7) is 9.34. The van der Waals surface area contributed by atoms with Crippen molar-refractivity contribution in [1.82, 2.24) is 19.7 Å². The van der Waals surface area contributed by atoms with Gasteiger partial charge in [-0.05, 0) is 56.2 Å². The minimum Gasteiger partial charge on any atom is -0.365 e. The van der Waals surface area contributed by atoms with E-state index in [1.807, 2.05) is 6.20 Å². The van der Waals surface area contributed by atoms with E-state index < -0.39 is 0 Å². The lowest BCUT2D eigenvalue weighted by atomic mass is 9.93. The molecular formula is C22H32N4. The maximum atomic E-state index is 3.39. The lowest BCUT2D eigenvalue weighted by Crippen LogP contribution is -2.43. The molecule has 0 saturated carbocycles. The fraction of sp³-hybridized carbons (Fsp3) is 0.545. The van der Waals surface area contributed by atoms with Crippen molar-refractivity contribution in [1.29, 1.82) is 0 Å². The van der Waals surface area contributed by atoms with Gasteiger partial charge < -0.3 is 9.88 Å². The number of likely N-dealkylation sites (N-methyl/N-ethyl adjacent to an activating group) is 1. The average molecular weight is 353 g/mol. The molecule has 3 heterocycles. The standard InChI is InChI=1S/C22H32N4/c1-24-13-15-26(16-14-24)18-20-6-4-19(5-7-20)17-25-11-8-21(9-12-25)22-3-2-10-23-22/h2-7,10,21,23H,8-9,11-18H2,1H3. The molecule has 2 aromatic rings. The van der Waals surface area contributed by atoms with Gasteiger partial charge in [-0.2, -0.15) is 0 Å². The Kier molecular flexibility index (Phi) is 5.73. The zero-order valence-corrected chi connectivity index (χ0v) is 16.0. The van der Waals surface area contributed by atoms with Gasteiger partial charge in [0.15, 0.2) is 0 Å². The van der Waals surface area contributed by atoms with E-state index >= 15 is 0 Å². The van der Waals surface area contributed by atoms with Gasteiger partial charge in [-0.25, -0.2) is 0 Å². The monoisotopic (exact) mass is 352 g/mol. The van der Waals surface area contributed by atoms with Crippen molar-refractivity contribution in [2.45, 2.75) is 31.8 Å². The fourth-order valence-electron chi connectivity index (χ4n) is 4.27. The first kappa shape index (κ1) is 17.8. The van der Waals surface area contributed by atoms with Gasteiger partial charge in [0, 0.05) is 57.1 Å². The lowest BCUT2D eigenvalue weighted by molar-refractivity contribution is 0.148. The molecule has 2 aliphatic heterocycles. The quantitative estimate of drug-likeness (QED) is 0.895. The van der Waals surface area contributed by atoms with Crippen LogP contribution >= 0.6 is 0 Å². The molecule has 4 nitrogen and oxygen atoms in total. The van der Waals surface area contributed by atoms with E-state index in [9.17, 15) is 0 Å². The number of hydrogen-bond acceptors (Lipinski definition) is 3. The van der Waals surface area contributed by atoms with E-state index in [1.54, 1.807) is 0 Å². The number of benzene rings is 1. The summed E-state index contributed by atoms with van der Waals surface area (Å²) in [5.41, 5.74) is 4.31. The largest absolute Gasteiger partial charge is 0.365 e. The molecule has 4 heteroatoms. The van der Waals surface area contributed by atoms with E-state index in [4.69, 9.17) is 0 Å². The Bertz CT molecular complexity index is 648. The van der Waals surface area contributed by atoms with Crippen LogP contribution in [0.5, 0.6) is 0 Å². The molecule has 0 unspecified atom stereocenters. The maximum Gasteiger partial charge on any atom is 0.0234 e. The van der Waals surface area contributed by atoms with Crippen LogP contribution in [0, 0.1) is 0 Å². The van der Waals surface area contributed by atoms with Gasteiger partial charge in [-0.3, -0.25) is 9.80 Å². The molecule has 0 bridgehead atoms. The number of piperidine rings is 1. The number of aromatic amines is 1. The van der Waals surface area contributed by atoms with Crippen LogP contribution in [0.1, 0.15) is 35.6 Å². The van der Waals surface area contributed by atoms with E-state index in [0.717, 1.165) is 13.1 Å². The Morgan fingerprint density at radius 2 is 1.38 bits per heavy atom. The molecule has 0 spiro atoms. The first-order valence-electron chi connectivity index (χ1n) is 10.1. The van der Waals surface area contributed by atoms with Gasteiger partial charge in [0.2, 0.25) is 0 Å². The number of likely N-dealkylation sites (tertiary alicyclic amines) is 1. The molecule has 0 atom stereocenters. The van der Waals surface area contributed by atoms with E-state index in [-0.39, 0.29) is 0 Å². The van der Waals surface area contributed by atoms with Gasteiger partial charge in [0.05, 0.1) is 0 Å². The lowest BCUT2D eigenvalue weighted by Gasteiger charge is -2.32. The molecule has 140 valence electrons. The van der Waals surface area contributed by atoms with Crippen molar-refractivity contribution in [3.05, 3.63) is 59.4 Å². The minimum atomic E-state index is 0.715. The Balaban J connectivity index is 1.24. The summed E-state index contributed by atoms with van der Waals surface area (Å²) in [7, 11) is 2.22. The van der Waals surface area contributed by atoms with Gasteiger partial charge in [-0.15, -0.1) is 0 Å². The van der Waals surface area contributed by atoms with Gasteiger partial charge in [0.25, 0.3) is 0 Å². The third-order valence-corrected chi connectivity index (χ3v) is 6.08. The van der Waals surface area contributed by atoms with Crippen molar-refractivity contribution in [3.63, 3.8) is 0 Å². The van der Waals surface area contributed by atoms with Crippen molar-refractivity contribution < 1.29 is 0 Å². The number of nitrogens with one attached hydrogen (secondary N) is 1. The molecule has 2 saturated heterocycles. The van der Waals surface area contributed by atoms with Crippen LogP contribution < -0.4 is 0 Å². The second-order valence-corrected chi connectivity index (χ2v) is 8.07. The molecule has 0 amide bonds. The maximum absolute atomic E-state index is 3.39. The zero-order chi connectivity index (χ0) is 17.8. The van der Waals surface area contributed by atoms with Crippen molar-refractivity contribution in [2.75, 3.05) is 46.3 Å². The van der Waals surface area contributed by atoms with Crippen molar-refractivity contribution >= 4 is 0 Å². The van der Waals surface area contributed by atoms with Crippen LogP contribution in [0.3, 0.4) is 0 Å². The van der Waals surface area contributed by atoms with Crippen LogP contribution in [-0.4, -0.2) is 66.0 Å². The summed E-state index contributed by atoms with van der Waals surface area (Å²) >= 11 is 0. The SMILES string of the molecule is CN1CCN(Cc2ccc(CN3CCC(c4ccc[nH]4)CC3)cc2)CC1. The fourth-order valence-corrected chi connectivity index (χ4v) is 4.27. The molecule has 2 aliphatic rings. The number of H-pyrrole nitrogens is 1. The average Bonchev–Trinajstić information content (AvgIpc) is 3.21. The van der Waals surface area contributed by atoms with Crippen LogP contribution in [0.2, 0.25) is 0 Å². The third kappa shape index (κ3) is 4.56. The van der Waals surface area contributed by atoms with Crippen LogP contribution in [-0.2, 0) is 13.1 Å². The number of nitrogens with zero attached hydrogens (tertiary/aromatic N) is 3. The molecule has 0 aliphatic carbocycles. The number of aromatic nitrogens is 1. The molecule has 26 heavy (non-hydrogen) atoms. The topological polar surface area (TPSA) is 25.5 Å². The van der Waals surface area contributed by atoms with Crippen LogP contribution in [0.4, 0.5) is 0 Å². The van der Waals surface area contributed by atoms with Crippen LogP contribution in [0.25, 0.3) is 0 Å². The summed E-state index contributed by atoms with van der Waals surface area (Å²) in [6, 6.07) is 13.7. The smallest absolute Gasteiger partial charge is 0.0234 e.